The first-order valence-corrected chi connectivity index (χ1v) is 3.08. The van der Waals surface area contributed by atoms with Crippen LogP contribution in [0.1, 0.15) is 16.2 Å². The Hall–Kier alpha value is -1.32. The third-order valence-electron chi connectivity index (χ3n) is 1.29. The number of ether oxygens (including phenoxy) is 1. The summed E-state index contributed by atoms with van der Waals surface area (Å²) in [6, 6.07) is 1.24. The Morgan fingerprint density at radius 1 is 1.73 bits per heavy atom. The van der Waals surface area contributed by atoms with E-state index in [0.29, 0.717) is 5.69 Å². The molecule has 60 valence electrons. The van der Waals surface area contributed by atoms with Gasteiger partial charge >= 0.3 is 5.97 Å². The predicted octanol–water partition coefficient (Wildman–Crippen LogP) is 1.25. The number of esters is 1. The number of aryl methyl sites for hydroxylation is 1. The molecule has 0 aliphatic carbocycles. The molecule has 0 radical (unpaired) electrons. The van der Waals surface area contributed by atoms with Crippen LogP contribution in [0.4, 0.5) is 4.39 Å². The molecule has 4 heteroatoms. The highest BCUT2D eigenvalue weighted by Crippen LogP contribution is 2.08. The van der Waals surface area contributed by atoms with Crippen LogP contribution in [0.15, 0.2) is 6.07 Å². The normalized spacial score (nSPS) is 9.73. The number of halogens is 1. The number of nitrogens with one attached hydrogen (secondary N) is 1. The smallest absolute Gasteiger partial charge is 0.357 e. The standard InChI is InChI=1S/C7H8FNO2/c1-4-3-5(8)6(9-4)7(10)11-2/h3,9H,1-2H3. The maximum absolute atomic E-state index is 12.7. The van der Waals surface area contributed by atoms with Crippen molar-refractivity contribution in [3.8, 4) is 0 Å². The zero-order chi connectivity index (χ0) is 8.43. The predicted molar refractivity (Wildman–Crippen MR) is 36.8 cm³/mol. The van der Waals surface area contributed by atoms with Gasteiger partial charge in [-0.3, -0.25) is 0 Å². The van der Waals surface area contributed by atoms with Gasteiger partial charge in [0.1, 0.15) is 0 Å². The van der Waals surface area contributed by atoms with Crippen molar-refractivity contribution in [1.82, 2.24) is 4.98 Å². The molecule has 0 saturated carbocycles. The van der Waals surface area contributed by atoms with Crippen LogP contribution in [0.3, 0.4) is 0 Å². The van der Waals surface area contributed by atoms with Crippen molar-refractivity contribution in [2.24, 2.45) is 0 Å². The maximum atomic E-state index is 12.7. The van der Waals surface area contributed by atoms with Gasteiger partial charge in [-0.05, 0) is 13.0 Å². The van der Waals surface area contributed by atoms with Gasteiger partial charge in [0, 0.05) is 5.69 Å². The molecule has 0 amide bonds. The van der Waals surface area contributed by atoms with Crippen molar-refractivity contribution in [3.63, 3.8) is 0 Å². The van der Waals surface area contributed by atoms with Crippen molar-refractivity contribution in [2.45, 2.75) is 6.92 Å². The van der Waals surface area contributed by atoms with Crippen molar-refractivity contribution >= 4 is 5.97 Å². The largest absolute Gasteiger partial charge is 0.464 e. The number of carbonyl (C=O) groups excluding carboxylic acids is 1. The maximum Gasteiger partial charge on any atom is 0.357 e. The van der Waals surface area contributed by atoms with Gasteiger partial charge in [0.25, 0.3) is 0 Å². The molecule has 0 unspecified atom stereocenters. The topological polar surface area (TPSA) is 42.1 Å². The molecule has 1 rings (SSSR count). The lowest BCUT2D eigenvalue weighted by Gasteiger charge is -1.93. The summed E-state index contributed by atoms with van der Waals surface area (Å²) in [5.41, 5.74) is 0.480. The van der Waals surface area contributed by atoms with Crippen LogP contribution in [0.25, 0.3) is 0 Å². The second-order valence-electron chi connectivity index (χ2n) is 2.17. The molecule has 3 nitrogen and oxygen atoms in total. The van der Waals surface area contributed by atoms with Crippen LogP contribution in [-0.4, -0.2) is 18.1 Å². The van der Waals surface area contributed by atoms with Gasteiger partial charge in [0.15, 0.2) is 11.5 Å². The summed E-state index contributed by atoms with van der Waals surface area (Å²) < 4.78 is 17.0. The van der Waals surface area contributed by atoms with Crippen molar-refractivity contribution < 1.29 is 13.9 Å². The fraction of sp³-hybridized carbons (Fsp3) is 0.286. The molecule has 0 bridgehead atoms. The van der Waals surface area contributed by atoms with E-state index in [4.69, 9.17) is 0 Å². The van der Waals surface area contributed by atoms with E-state index in [0.717, 1.165) is 0 Å². The summed E-state index contributed by atoms with van der Waals surface area (Å²) in [5, 5.41) is 0. The minimum atomic E-state index is -0.685. The van der Waals surface area contributed by atoms with Gasteiger partial charge in [-0.15, -0.1) is 0 Å². The van der Waals surface area contributed by atoms with E-state index in [2.05, 4.69) is 9.72 Å². The fourth-order valence-electron chi connectivity index (χ4n) is 0.806. The zero-order valence-electron chi connectivity index (χ0n) is 6.27. The van der Waals surface area contributed by atoms with E-state index in [-0.39, 0.29) is 5.69 Å². The van der Waals surface area contributed by atoms with Crippen molar-refractivity contribution in [1.29, 1.82) is 0 Å². The van der Waals surface area contributed by atoms with Crippen LogP contribution >= 0.6 is 0 Å². The molecule has 1 N–H and O–H groups in total. The van der Waals surface area contributed by atoms with E-state index >= 15 is 0 Å². The minimum Gasteiger partial charge on any atom is -0.464 e. The Morgan fingerprint density at radius 2 is 2.36 bits per heavy atom. The van der Waals surface area contributed by atoms with Crippen LogP contribution in [0, 0.1) is 12.7 Å². The Balaban J connectivity index is 3.03. The monoisotopic (exact) mass is 157 g/mol. The number of carbonyl (C=O) groups is 1. The molecule has 1 aromatic heterocycles. The van der Waals surface area contributed by atoms with E-state index in [1.165, 1.54) is 13.2 Å². The van der Waals surface area contributed by atoms with Crippen molar-refractivity contribution in [2.75, 3.05) is 7.11 Å². The molecule has 0 fully saturated rings. The third kappa shape index (κ3) is 1.39. The third-order valence-corrected chi connectivity index (χ3v) is 1.29. The number of methoxy groups -OCH3 is 1. The molecular weight excluding hydrogens is 149 g/mol. The van der Waals surface area contributed by atoms with Crippen LogP contribution in [0.5, 0.6) is 0 Å². The second kappa shape index (κ2) is 2.74. The summed E-state index contributed by atoms with van der Waals surface area (Å²) in [7, 11) is 1.21. The number of hydrogen-bond acceptors (Lipinski definition) is 2. The van der Waals surface area contributed by atoms with Crippen LogP contribution in [0.2, 0.25) is 0 Å². The highest BCUT2D eigenvalue weighted by molar-refractivity contribution is 5.87. The van der Waals surface area contributed by atoms with E-state index in [1.807, 2.05) is 0 Å². The Bertz CT molecular complexity index is 280. The lowest BCUT2D eigenvalue weighted by atomic mass is 10.4. The summed E-state index contributed by atoms with van der Waals surface area (Å²) in [5.74, 6) is -1.26. The first kappa shape index (κ1) is 7.78. The summed E-state index contributed by atoms with van der Waals surface area (Å²) >= 11 is 0. The lowest BCUT2D eigenvalue weighted by Crippen LogP contribution is -2.03. The highest BCUT2D eigenvalue weighted by atomic mass is 19.1. The van der Waals surface area contributed by atoms with E-state index in [1.54, 1.807) is 6.92 Å². The number of rotatable bonds is 1. The average molecular weight is 157 g/mol. The quantitative estimate of drug-likeness (QED) is 0.623. The van der Waals surface area contributed by atoms with Crippen LogP contribution in [-0.2, 0) is 4.74 Å². The van der Waals surface area contributed by atoms with E-state index in [9.17, 15) is 9.18 Å². The van der Waals surface area contributed by atoms with Gasteiger partial charge in [-0.25, -0.2) is 9.18 Å². The molecule has 1 heterocycles. The average Bonchev–Trinajstić information content (AvgIpc) is 2.28. The Kier molecular flexibility index (Phi) is 1.94. The Morgan fingerprint density at radius 3 is 2.73 bits per heavy atom. The van der Waals surface area contributed by atoms with Crippen molar-refractivity contribution in [3.05, 3.63) is 23.3 Å². The number of hydrogen-bond donors (Lipinski definition) is 1. The molecule has 11 heavy (non-hydrogen) atoms. The summed E-state index contributed by atoms with van der Waals surface area (Å²) in [4.78, 5) is 13.3. The van der Waals surface area contributed by atoms with Gasteiger partial charge < -0.3 is 9.72 Å². The van der Waals surface area contributed by atoms with Gasteiger partial charge in [0.2, 0.25) is 0 Å². The molecular formula is C7H8FNO2. The second-order valence-corrected chi connectivity index (χ2v) is 2.17. The van der Waals surface area contributed by atoms with Gasteiger partial charge in [0.05, 0.1) is 7.11 Å². The Labute approximate surface area is 63.2 Å². The first-order valence-electron chi connectivity index (χ1n) is 3.08. The summed E-state index contributed by atoms with van der Waals surface area (Å²) in [6.45, 7) is 1.66. The number of aromatic amines is 1. The fourth-order valence-corrected chi connectivity index (χ4v) is 0.806. The summed E-state index contributed by atoms with van der Waals surface area (Å²) in [6.07, 6.45) is 0. The van der Waals surface area contributed by atoms with Gasteiger partial charge in [-0.2, -0.15) is 0 Å². The molecule has 0 saturated heterocycles. The molecule has 0 aromatic carbocycles. The first-order chi connectivity index (χ1) is 5.15. The minimum absolute atomic E-state index is 0.120. The molecule has 0 atom stereocenters. The van der Waals surface area contributed by atoms with Crippen LogP contribution < -0.4 is 0 Å². The molecule has 0 aliphatic rings. The number of H-pyrrole nitrogens is 1. The van der Waals surface area contributed by atoms with E-state index < -0.39 is 11.8 Å². The molecule has 0 aliphatic heterocycles. The lowest BCUT2D eigenvalue weighted by molar-refractivity contribution is 0.0589. The highest BCUT2D eigenvalue weighted by Gasteiger charge is 2.13. The molecule has 0 spiro atoms. The molecule has 1 aromatic rings. The zero-order valence-corrected chi connectivity index (χ0v) is 6.27. The van der Waals surface area contributed by atoms with Gasteiger partial charge in [-0.1, -0.05) is 0 Å². The number of aromatic nitrogens is 1. The SMILES string of the molecule is COC(=O)c1[nH]c(C)cc1F.